The molecular formula is C16H30F3IN4. The third-order valence-electron chi connectivity index (χ3n) is 5.27. The lowest BCUT2D eigenvalue weighted by Gasteiger charge is -2.30. The van der Waals surface area contributed by atoms with E-state index in [-0.39, 0.29) is 36.8 Å². The van der Waals surface area contributed by atoms with Crippen LogP contribution in [0, 0.1) is 11.8 Å². The zero-order valence-electron chi connectivity index (χ0n) is 14.5. The summed E-state index contributed by atoms with van der Waals surface area (Å²) in [4.78, 5) is 6.55. The number of nitrogens with one attached hydrogen (secondary N) is 2. The third-order valence-corrected chi connectivity index (χ3v) is 5.27. The SMILES string of the molecule is CN=C(NCC1CCC(C(F)(F)F)CC1)NCC1CCCN1C.I. The van der Waals surface area contributed by atoms with E-state index in [0.717, 1.165) is 19.0 Å². The van der Waals surface area contributed by atoms with E-state index in [0.29, 0.717) is 31.3 Å². The Bertz CT molecular complexity index is 395. The molecule has 24 heavy (non-hydrogen) atoms. The topological polar surface area (TPSA) is 39.7 Å². The molecule has 0 aromatic heterocycles. The summed E-state index contributed by atoms with van der Waals surface area (Å²) in [5.74, 6) is -0.0429. The average molecular weight is 462 g/mol. The Labute approximate surface area is 160 Å². The molecule has 8 heteroatoms. The number of guanidine groups is 1. The molecule has 1 saturated heterocycles. The lowest BCUT2D eigenvalue weighted by Crippen LogP contribution is -2.45. The molecule has 1 atom stereocenters. The highest BCUT2D eigenvalue weighted by molar-refractivity contribution is 14.0. The first-order chi connectivity index (χ1) is 10.9. The van der Waals surface area contributed by atoms with E-state index in [9.17, 15) is 13.2 Å². The normalized spacial score (nSPS) is 29.2. The van der Waals surface area contributed by atoms with Gasteiger partial charge in [-0.1, -0.05) is 0 Å². The standard InChI is InChI=1S/C16H29F3N4.HI/c1-20-15(22-11-14-4-3-9-23(14)2)21-10-12-5-7-13(8-6-12)16(17,18)19;/h12-14H,3-11H2,1-2H3,(H2,20,21,22);1H. The second-order valence-electron chi connectivity index (χ2n) is 6.87. The third kappa shape index (κ3) is 6.57. The highest BCUT2D eigenvalue weighted by Crippen LogP contribution is 2.39. The van der Waals surface area contributed by atoms with Crippen molar-refractivity contribution >= 4 is 29.9 Å². The van der Waals surface area contributed by atoms with Gasteiger partial charge in [0.05, 0.1) is 5.92 Å². The van der Waals surface area contributed by atoms with Crippen molar-refractivity contribution in [2.24, 2.45) is 16.8 Å². The van der Waals surface area contributed by atoms with Gasteiger partial charge in [-0.2, -0.15) is 13.2 Å². The van der Waals surface area contributed by atoms with Crippen LogP contribution < -0.4 is 10.6 Å². The van der Waals surface area contributed by atoms with Crippen molar-refractivity contribution in [3.8, 4) is 0 Å². The summed E-state index contributed by atoms with van der Waals surface area (Å²) in [6.45, 7) is 2.70. The number of alkyl halides is 3. The predicted octanol–water partition coefficient (Wildman–Crippen LogP) is 3.23. The summed E-state index contributed by atoms with van der Waals surface area (Å²) in [6.07, 6.45) is 0.200. The zero-order chi connectivity index (χ0) is 16.9. The van der Waals surface area contributed by atoms with Gasteiger partial charge in [0.15, 0.2) is 5.96 Å². The first kappa shape index (κ1) is 21.8. The maximum absolute atomic E-state index is 12.7. The number of likely N-dealkylation sites (N-methyl/N-ethyl adjacent to an activating group) is 1. The monoisotopic (exact) mass is 462 g/mol. The molecule has 1 aliphatic heterocycles. The fourth-order valence-corrected chi connectivity index (χ4v) is 3.61. The lowest BCUT2D eigenvalue weighted by molar-refractivity contribution is -0.183. The van der Waals surface area contributed by atoms with E-state index >= 15 is 0 Å². The molecule has 1 unspecified atom stereocenters. The van der Waals surface area contributed by atoms with Crippen molar-refractivity contribution < 1.29 is 13.2 Å². The molecule has 1 heterocycles. The van der Waals surface area contributed by atoms with Gasteiger partial charge in [0.1, 0.15) is 0 Å². The van der Waals surface area contributed by atoms with Crippen LogP contribution in [0.5, 0.6) is 0 Å². The number of rotatable bonds is 4. The van der Waals surface area contributed by atoms with Crippen molar-refractivity contribution in [3.63, 3.8) is 0 Å². The summed E-state index contributed by atoms with van der Waals surface area (Å²) < 4.78 is 38.0. The molecule has 0 bridgehead atoms. The van der Waals surface area contributed by atoms with Crippen LogP contribution in [0.15, 0.2) is 4.99 Å². The van der Waals surface area contributed by atoms with E-state index in [1.165, 1.54) is 12.8 Å². The van der Waals surface area contributed by atoms with Crippen molar-refractivity contribution in [2.75, 3.05) is 33.7 Å². The molecule has 2 aliphatic rings. The summed E-state index contributed by atoms with van der Waals surface area (Å²) in [6, 6.07) is 0.538. The van der Waals surface area contributed by atoms with Crippen LogP contribution in [0.25, 0.3) is 0 Å². The van der Waals surface area contributed by atoms with E-state index in [4.69, 9.17) is 0 Å². The van der Waals surface area contributed by atoms with Gasteiger partial charge in [-0.3, -0.25) is 4.99 Å². The van der Waals surface area contributed by atoms with Gasteiger partial charge in [-0.05, 0) is 58.0 Å². The first-order valence-electron chi connectivity index (χ1n) is 8.61. The highest BCUT2D eigenvalue weighted by Gasteiger charge is 2.41. The number of hydrogen-bond donors (Lipinski definition) is 2. The minimum absolute atomic E-state index is 0. The molecule has 0 amide bonds. The van der Waals surface area contributed by atoms with E-state index in [1.807, 2.05) is 0 Å². The molecule has 1 aliphatic carbocycles. The Balaban J connectivity index is 0.00000288. The molecule has 1 saturated carbocycles. The summed E-state index contributed by atoms with van der Waals surface area (Å²) >= 11 is 0. The second kappa shape index (κ2) is 10.0. The summed E-state index contributed by atoms with van der Waals surface area (Å²) in [7, 11) is 3.86. The average Bonchev–Trinajstić information content (AvgIpc) is 2.92. The van der Waals surface area contributed by atoms with Crippen LogP contribution in [0.1, 0.15) is 38.5 Å². The van der Waals surface area contributed by atoms with E-state index in [1.54, 1.807) is 7.05 Å². The Hall–Kier alpha value is -0.250. The van der Waals surface area contributed by atoms with Gasteiger partial charge in [0, 0.05) is 26.2 Å². The van der Waals surface area contributed by atoms with E-state index in [2.05, 4.69) is 27.6 Å². The smallest absolute Gasteiger partial charge is 0.356 e. The van der Waals surface area contributed by atoms with Gasteiger partial charge >= 0.3 is 6.18 Å². The molecule has 0 spiro atoms. The fourth-order valence-electron chi connectivity index (χ4n) is 3.61. The lowest BCUT2D eigenvalue weighted by atomic mass is 9.81. The largest absolute Gasteiger partial charge is 0.391 e. The van der Waals surface area contributed by atoms with Crippen LogP contribution in [0.3, 0.4) is 0 Å². The van der Waals surface area contributed by atoms with Gasteiger partial charge in [0.25, 0.3) is 0 Å². The molecule has 2 fully saturated rings. The molecule has 142 valence electrons. The van der Waals surface area contributed by atoms with Gasteiger partial charge in [0.2, 0.25) is 0 Å². The zero-order valence-corrected chi connectivity index (χ0v) is 16.9. The number of hydrogen-bond acceptors (Lipinski definition) is 2. The number of nitrogens with zero attached hydrogens (tertiary/aromatic N) is 2. The Morgan fingerprint density at radius 2 is 1.71 bits per heavy atom. The summed E-state index contributed by atoms with van der Waals surface area (Å²) in [5, 5.41) is 6.60. The van der Waals surface area contributed by atoms with Gasteiger partial charge < -0.3 is 15.5 Å². The first-order valence-corrected chi connectivity index (χ1v) is 8.61. The quantitative estimate of drug-likeness (QED) is 0.383. The van der Waals surface area contributed by atoms with Crippen molar-refractivity contribution in [2.45, 2.75) is 50.7 Å². The summed E-state index contributed by atoms with van der Waals surface area (Å²) in [5.41, 5.74) is 0. The number of likely N-dealkylation sites (tertiary alicyclic amines) is 1. The van der Waals surface area contributed by atoms with Crippen LogP contribution in [0.4, 0.5) is 13.2 Å². The molecule has 4 nitrogen and oxygen atoms in total. The van der Waals surface area contributed by atoms with Crippen LogP contribution >= 0.6 is 24.0 Å². The Morgan fingerprint density at radius 1 is 1.08 bits per heavy atom. The minimum Gasteiger partial charge on any atom is -0.356 e. The molecule has 0 aromatic carbocycles. The maximum atomic E-state index is 12.7. The van der Waals surface area contributed by atoms with Crippen LogP contribution in [-0.4, -0.2) is 56.8 Å². The van der Waals surface area contributed by atoms with E-state index < -0.39 is 12.1 Å². The molecular weight excluding hydrogens is 432 g/mol. The fraction of sp³-hybridized carbons (Fsp3) is 0.938. The molecule has 2 rings (SSSR count). The maximum Gasteiger partial charge on any atom is 0.391 e. The Kier molecular flexibility index (Phi) is 9.11. The molecule has 0 radical (unpaired) electrons. The molecule has 2 N–H and O–H groups in total. The van der Waals surface area contributed by atoms with Gasteiger partial charge in [-0.15, -0.1) is 24.0 Å². The Morgan fingerprint density at radius 3 is 2.21 bits per heavy atom. The van der Waals surface area contributed by atoms with Crippen molar-refractivity contribution in [3.05, 3.63) is 0 Å². The van der Waals surface area contributed by atoms with Crippen LogP contribution in [-0.2, 0) is 0 Å². The predicted molar refractivity (Wildman–Crippen MR) is 102 cm³/mol. The highest BCUT2D eigenvalue weighted by atomic mass is 127. The number of aliphatic imine (C=N–C) groups is 1. The molecule has 0 aromatic rings. The minimum atomic E-state index is -4.02. The number of halogens is 4. The van der Waals surface area contributed by atoms with Crippen molar-refractivity contribution in [1.29, 1.82) is 0 Å². The second-order valence-corrected chi connectivity index (χ2v) is 6.87. The van der Waals surface area contributed by atoms with Crippen LogP contribution in [0.2, 0.25) is 0 Å². The van der Waals surface area contributed by atoms with Gasteiger partial charge in [-0.25, -0.2) is 0 Å². The van der Waals surface area contributed by atoms with Crippen molar-refractivity contribution in [1.82, 2.24) is 15.5 Å².